The van der Waals surface area contributed by atoms with Crippen LogP contribution >= 0.6 is 0 Å². The minimum absolute atomic E-state index is 0.0723. The lowest BCUT2D eigenvalue weighted by Crippen LogP contribution is -3.13. The number of benzene rings is 2. The Kier molecular flexibility index (Phi) is 6.51. The van der Waals surface area contributed by atoms with Crippen LogP contribution in [-0.2, 0) is 17.5 Å². The quantitative estimate of drug-likeness (QED) is 0.459. The van der Waals surface area contributed by atoms with E-state index in [9.17, 15) is 28.1 Å². The lowest BCUT2D eigenvalue weighted by Gasteiger charge is -2.31. The van der Waals surface area contributed by atoms with Crippen LogP contribution in [0.15, 0.2) is 54.6 Å². The van der Waals surface area contributed by atoms with E-state index in [1.54, 1.807) is 29.2 Å². The maximum absolute atomic E-state index is 12.9. The number of rotatable bonds is 5. The van der Waals surface area contributed by atoms with Crippen molar-refractivity contribution in [3.63, 3.8) is 0 Å². The molecule has 30 heavy (non-hydrogen) atoms. The number of quaternary nitrogens is 1. The number of hydrogen-bond acceptors (Lipinski definition) is 3. The molecule has 0 unspecified atom stereocenters. The number of nitro groups is 1. The number of nitro benzene ring substituents is 1. The third-order valence-electron chi connectivity index (χ3n) is 5.03. The van der Waals surface area contributed by atoms with Gasteiger partial charge in [0.2, 0.25) is 5.91 Å². The van der Waals surface area contributed by atoms with Gasteiger partial charge in [-0.2, -0.15) is 13.2 Å². The third-order valence-corrected chi connectivity index (χ3v) is 5.03. The van der Waals surface area contributed by atoms with Crippen LogP contribution in [0.5, 0.6) is 0 Å². The number of carbonyl (C=O) groups is 1. The van der Waals surface area contributed by atoms with Crippen LogP contribution in [0.25, 0.3) is 6.08 Å². The fourth-order valence-electron chi connectivity index (χ4n) is 3.43. The van der Waals surface area contributed by atoms with E-state index in [4.69, 9.17) is 0 Å². The molecule has 0 radical (unpaired) electrons. The van der Waals surface area contributed by atoms with Gasteiger partial charge in [0.15, 0.2) is 0 Å². The van der Waals surface area contributed by atoms with Crippen molar-refractivity contribution in [3.05, 3.63) is 81.4 Å². The Labute approximate surface area is 171 Å². The summed E-state index contributed by atoms with van der Waals surface area (Å²) < 4.78 is 38.6. The first-order valence-corrected chi connectivity index (χ1v) is 9.44. The molecule has 0 aromatic heterocycles. The molecule has 2 aromatic carbocycles. The van der Waals surface area contributed by atoms with E-state index in [0.29, 0.717) is 43.9 Å². The van der Waals surface area contributed by atoms with Gasteiger partial charge in [-0.25, -0.2) is 0 Å². The molecule has 0 saturated carbocycles. The third kappa shape index (κ3) is 5.44. The van der Waals surface area contributed by atoms with Crippen molar-refractivity contribution in [2.45, 2.75) is 12.7 Å². The maximum atomic E-state index is 12.9. The van der Waals surface area contributed by atoms with E-state index in [1.807, 2.05) is 0 Å². The van der Waals surface area contributed by atoms with Crippen LogP contribution in [0.1, 0.15) is 16.7 Å². The van der Waals surface area contributed by atoms with Crippen molar-refractivity contribution < 1.29 is 27.8 Å². The number of carbonyl (C=O) groups excluding carboxylic acids is 1. The Bertz CT molecular complexity index is 952. The van der Waals surface area contributed by atoms with E-state index in [2.05, 4.69) is 0 Å². The highest BCUT2D eigenvalue weighted by Gasteiger charge is 2.31. The van der Waals surface area contributed by atoms with Crippen molar-refractivity contribution in [2.24, 2.45) is 0 Å². The van der Waals surface area contributed by atoms with Gasteiger partial charge in [0.05, 0.1) is 42.2 Å². The summed E-state index contributed by atoms with van der Waals surface area (Å²) >= 11 is 0. The molecule has 0 aliphatic carbocycles. The zero-order valence-electron chi connectivity index (χ0n) is 16.1. The van der Waals surface area contributed by atoms with Crippen molar-refractivity contribution >= 4 is 17.7 Å². The van der Waals surface area contributed by atoms with Gasteiger partial charge in [0.1, 0.15) is 6.54 Å². The van der Waals surface area contributed by atoms with E-state index >= 15 is 0 Å². The maximum Gasteiger partial charge on any atom is 0.416 e. The molecule has 2 aromatic rings. The van der Waals surface area contributed by atoms with Gasteiger partial charge in [-0.1, -0.05) is 24.3 Å². The van der Waals surface area contributed by atoms with Crippen molar-refractivity contribution in [1.29, 1.82) is 0 Å². The van der Waals surface area contributed by atoms with Gasteiger partial charge in [-0.15, -0.1) is 0 Å². The number of halogens is 3. The molecular weight excluding hydrogens is 399 g/mol. The first kappa shape index (κ1) is 21.5. The number of piperazine rings is 1. The number of nitrogens with one attached hydrogen (secondary N) is 1. The Morgan fingerprint density at radius 3 is 2.50 bits per heavy atom. The summed E-state index contributed by atoms with van der Waals surface area (Å²) in [6.07, 6.45) is -1.61. The summed E-state index contributed by atoms with van der Waals surface area (Å²) in [4.78, 5) is 25.7. The first-order valence-electron chi connectivity index (χ1n) is 9.44. The van der Waals surface area contributed by atoms with Crippen molar-refractivity contribution in [2.75, 3.05) is 26.2 Å². The largest absolute Gasteiger partial charge is 0.416 e. The molecule has 9 heteroatoms. The fraction of sp³-hybridized carbons (Fsp3) is 0.286. The summed E-state index contributed by atoms with van der Waals surface area (Å²) in [6.45, 7) is 2.61. The Hall–Kier alpha value is -3.20. The molecule has 158 valence electrons. The normalized spacial score (nSPS) is 15.5. The monoisotopic (exact) mass is 420 g/mol. The highest BCUT2D eigenvalue weighted by Crippen LogP contribution is 2.29. The Morgan fingerprint density at radius 2 is 1.83 bits per heavy atom. The van der Waals surface area contributed by atoms with Crippen LogP contribution in [0.4, 0.5) is 18.9 Å². The molecule has 1 fully saturated rings. The molecule has 0 atom stereocenters. The predicted molar refractivity (Wildman–Crippen MR) is 105 cm³/mol. The van der Waals surface area contributed by atoms with Crippen LogP contribution in [0.3, 0.4) is 0 Å². The predicted octanol–water partition coefficient (Wildman–Crippen LogP) is 2.55. The highest BCUT2D eigenvalue weighted by atomic mass is 19.4. The van der Waals surface area contributed by atoms with Gasteiger partial charge in [-0.3, -0.25) is 14.9 Å². The van der Waals surface area contributed by atoms with Crippen molar-refractivity contribution in [3.8, 4) is 0 Å². The SMILES string of the molecule is O=C(/C=C/c1ccccc1[N+](=O)[O-])N1CC[NH+](Cc2cccc(C(F)(F)F)c2)CC1. The second-order valence-electron chi connectivity index (χ2n) is 7.10. The summed E-state index contributed by atoms with van der Waals surface area (Å²) in [5, 5.41) is 11.0. The summed E-state index contributed by atoms with van der Waals surface area (Å²) in [5.74, 6) is -0.244. The zero-order valence-corrected chi connectivity index (χ0v) is 16.1. The summed E-state index contributed by atoms with van der Waals surface area (Å²) in [5.41, 5.74) is 0.228. The smallest absolute Gasteiger partial charge is 0.328 e. The second-order valence-corrected chi connectivity index (χ2v) is 7.10. The number of nitrogens with zero attached hydrogens (tertiary/aromatic N) is 2. The van der Waals surface area contributed by atoms with E-state index in [1.165, 1.54) is 30.4 Å². The molecule has 1 N–H and O–H groups in total. The van der Waals surface area contributed by atoms with Crippen molar-refractivity contribution in [1.82, 2.24) is 4.90 Å². The zero-order chi connectivity index (χ0) is 21.7. The number of para-hydroxylation sites is 1. The van der Waals surface area contributed by atoms with E-state index < -0.39 is 16.7 Å². The summed E-state index contributed by atoms with van der Waals surface area (Å²) in [6, 6.07) is 11.5. The molecule has 3 rings (SSSR count). The molecule has 1 saturated heterocycles. The molecule has 0 bridgehead atoms. The molecule has 1 aliphatic rings. The Morgan fingerprint density at radius 1 is 1.13 bits per heavy atom. The number of amides is 1. The molecular formula is C21H21F3N3O3+. The minimum Gasteiger partial charge on any atom is -0.328 e. The van der Waals surface area contributed by atoms with Gasteiger partial charge in [0, 0.05) is 17.7 Å². The fourth-order valence-corrected chi connectivity index (χ4v) is 3.43. The molecule has 1 aliphatic heterocycles. The van der Waals surface area contributed by atoms with Gasteiger partial charge >= 0.3 is 6.18 Å². The number of hydrogen-bond donors (Lipinski definition) is 1. The molecule has 1 amide bonds. The van der Waals surface area contributed by atoms with E-state index in [-0.39, 0.29) is 11.6 Å². The minimum atomic E-state index is -4.36. The average Bonchev–Trinajstić information content (AvgIpc) is 2.72. The van der Waals surface area contributed by atoms with Crippen LogP contribution < -0.4 is 4.90 Å². The molecule has 0 spiro atoms. The molecule has 1 heterocycles. The second kappa shape index (κ2) is 9.08. The van der Waals surface area contributed by atoms with E-state index in [0.717, 1.165) is 11.0 Å². The molecule has 6 nitrogen and oxygen atoms in total. The lowest BCUT2D eigenvalue weighted by atomic mass is 10.1. The highest BCUT2D eigenvalue weighted by molar-refractivity contribution is 5.92. The summed E-state index contributed by atoms with van der Waals surface area (Å²) in [7, 11) is 0. The Balaban J connectivity index is 1.56. The average molecular weight is 420 g/mol. The van der Waals surface area contributed by atoms with Crippen LogP contribution in [0.2, 0.25) is 0 Å². The first-order chi connectivity index (χ1) is 14.2. The van der Waals surface area contributed by atoms with Gasteiger partial charge in [0.25, 0.3) is 5.69 Å². The van der Waals surface area contributed by atoms with Crippen LogP contribution in [-0.4, -0.2) is 41.9 Å². The van der Waals surface area contributed by atoms with Gasteiger partial charge in [-0.05, 0) is 24.3 Å². The number of alkyl halides is 3. The topological polar surface area (TPSA) is 67.9 Å². The standard InChI is InChI=1S/C21H20F3N3O3/c22-21(23,24)18-6-3-4-16(14-18)15-25-10-12-26(13-11-25)20(28)9-8-17-5-1-2-7-19(17)27(29)30/h1-9,14H,10-13,15H2/p+1/b9-8+. The van der Waals surface area contributed by atoms with Gasteiger partial charge < -0.3 is 9.80 Å². The van der Waals surface area contributed by atoms with Crippen LogP contribution in [0, 0.1) is 10.1 Å². The lowest BCUT2D eigenvalue weighted by molar-refractivity contribution is -0.917.